The van der Waals surface area contributed by atoms with E-state index in [1.807, 2.05) is 0 Å². The highest BCUT2D eigenvalue weighted by atomic mass is 35.6. The van der Waals surface area contributed by atoms with Crippen LogP contribution in [0, 0.1) is 0 Å². The zero-order valence-corrected chi connectivity index (χ0v) is 17.6. The molecule has 1 N–H and O–H groups in total. The van der Waals surface area contributed by atoms with Gasteiger partial charge in [-0.3, -0.25) is 0 Å². The number of hydrogen-bond acceptors (Lipinski definition) is 5. The summed E-state index contributed by atoms with van der Waals surface area (Å²) in [4.78, 5) is 14.8. The zero-order valence-electron chi connectivity index (χ0n) is 15.3. The third-order valence-electron chi connectivity index (χ3n) is 4.47. The van der Waals surface area contributed by atoms with Crippen molar-refractivity contribution in [2.24, 2.45) is 0 Å². The highest BCUT2D eigenvalue weighted by Crippen LogP contribution is 2.37. The van der Waals surface area contributed by atoms with E-state index in [1.165, 1.54) is 25.0 Å². The zero-order chi connectivity index (χ0) is 21.1. The highest BCUT2D eigenvalue weighted by molar-refractivity contribution is 6.66. The molecule has 11 heteroatoms. The van der Waals surface area contributed by atoms with E-state index >= 15 is 0 Å². The van der Waals surface area contributed by atoms with Gasteiger partial charge in [-0.25, -0.2) is 4.98 Å². The molecule has 5 nitrogen and oxygen atoms in total. The van der Waals surface area contributed by atoms with E-state index in [4.69, 9.17) is 34.8 Å². The van der Waals surface area contributed by atoms with Crippen molar-refractivity contribution in [1.82, 2.24) is 19.9 Å². The summed E-state index contributed by atoms with van der Waals surface area (Å²) in [5.74, 6) is -0.0171. The molecule has 1 aliphatic heterocycles. The maximum absolute atomic E-state index is 13.0. The van der Waals surface area contributed by atoms with E-state index in [-0.39, 0.29) is 23.2 Å². The van der Waals surface area contributed by atoms with Crippen LogP contribution in [0.1, 0.15) is 30.7 Å². The number of likely N-dealkylation sites (tertiary alicyclic amines) is 1. The van der Waals surface area contributed by atoms with Crippen molar-refractivity contribution in [3.05, 3.63) is 35.7 Å². The number of rotatable bonds is 6. The maximum atomic E-state index is 13.0. The number of halogens is 6. The average Bonchev–Trinajstić information content (AvgIpc) is 3.17. The molecule has 0 bridgehead atoms. The van der Waals surface area contributed by atoms with Gasteiger partial charge in [0.15, 0.2) is 11.6 Å². The molecule has 1 aliphatic rings. The van der Waals surface area contributed by atoms with Gasteiger partial charge in [0, 0.05) is 12.1 Å². The molecule has 29 heavy (non-hydrogen) atoms. The van der Waals surface area contributed by atoms with Gasteiger partial charge in [0.2, 0.25) is 9.74 Å². The lowest BCUT2D eigenvalue weighted by atomic mass is 10.1. The van der Waals surface area contributed by atoms with Crippen molar-refractivity contribution in [2.75, 3.05) is 31.5 Å². The van der Waals surface area contributed by atoms with E-state index in [0.717, 1.165) is 38.2 Å². The van der Waals surface area contributed by atoms with Crippen LogP contribution in [0.5, 0.6) is 0 Å². The lowest BCUT2D eigenvalue weighted by Crippen LogP contribution is -2.23. The standard InChI is InChI=1S/C18H19Cl3F3N5/c19-17(20,21)15-26-14(12-5-3-6-13(11-12)18(22,23)24)27-16(28-15)25-7-4-10-29-8-1-2-9-29/h3,5-6,11H,1-2,4,7-10H2,(H,25,26,27,28). The van der Waals surface area contributed by atoms with Crippen LogP contribution in [0.4, 0.5) is 19.1 Å². The Hall–Kier alpha value is -1.35. The minimum absolute atomic E-state index is 0.00512. The van der Waals surface area contributed by atoms with E-state index < -0.39 is 15.5 Å². The predicted octanol–water partition coefficient (Wildman–Crippen LogP) is 5.28. The van der Waals surface area contributed by atoms with Gasteiger partial charge in [-0.2, -0.15) is 23.1 Å². The number of nitrogens with zero attached hydrogens (tertiary/aromatic N) is 4. The van der Waals surface area contributed by atoms with Gasteiger partial charge in [0.1, 0.15) is 0 Å². The summed E-state index contributed by atoms with van der Waals surface area (Å²) >= 11 is 17.7. The van der Waals surface area contributed by atoms with Gasteiger partial charge >= 0.3 is 6.18 Å². The molecule has 1 saturated heterocycles. The summed E-state index contributed by atoms with van der Waals surface area (Å²) in [6, 6.07) is 4.66. The molecule has 0 spiro atoms. The second-order valence-electron chi connectivity index (χ2n) is 6.71. The Morgan fingerprint density at radius 2 is 1.76 bits per heavy atom. The predicted molar refractivity (Wildman–Crippen MR) is 108 cm³/mol. The third kappa shape index (κ3) is 6.31. The Labute approximate surface area is 181 Å². The fourth-order valence-corrected chi connectivity index (χ4v) is 3.31. The molecular formula is C18H19Cl3F3N5. The van der Waals surface area contributed by atoms with Crippen molar-refractivity contribution >= 4 is 40.8 Å². The first-order valence-electron chi connectivity index (χ1n) is 9.10. The van der Waals surface area contributed by atoms with Gasteiger partial charge in [-0.05, 0) is 51.0 Å². The summed E-state index contributed by atoms with van der Waals surface area (Å²) in [6.07, 6.45) is -1.20. The number of hydrogen-bond donors (Lipinski definition) is 1. The van der Waals surface area contributed by atoms with E-state index in [1.54, 1.807) is 0 Å². The van der Waals surface area contributed by atoms with Crippen LogP contribution in [0.15, 0.2) is 24.3 Å². The normalized spacial score (nSPS) is 15.7. The summed E-state index contributed by atoms with van der Waals surface area (Å²) < 4.78 is 37.2. The third-order valence-corrected chi connectivity index (χ3v) is 4.98. The van der Waals surface area contributed by atoms with Crippen LogP contribution in [-0.2, 0) is 9.97 Å². The molecule has 0 aliphatic carbocycles. The highest BCUT2D eigenvalue weighted by Gasteiger charge is 2.32. The molecule has 0 saturated carbocycles. The van der Waals surface area contributed by atoms with E-state index in [0.29, 0.717) is 6.54 Å². The minimum atomic E-state index is -4.49. The summed E-state index contributed by atoms with van der Waals surface area (Å²) in [5.41, 5.74) is -0.663. The molecular weight excluding hydrogens is 450 g/mol. The van der Waals surface area contributed by atoms with Gasteiger partial charge < -0.3 is 10.2 Å². The summed E-state index contributed by atoms with van der Waals surface area (Å²) in [7, 11) is 0. The van der Waals surface area contributed by atoms with Gasteiger partial charge in [-0.15, -0.1) is 0 Å². The second kappa shape index (κ2) is 9.20. The molecule has 0 amide bonds. The van der Waals surface area contributed by atoms with Crippen LogP contribution >= 0.6 is 34.8 Å². The molecule has 1 aromatic carbocycles. The first kappa shape index (κ1) is 22.3. The van der Waals surface area contributed by atoms with Crippen LogP contribution < -0.4 is 5.32 Å². The molecule has 158 valence electrons. The van der Waals surface area contributed by atoms with Crippen molar-refractivity contribution in [1.29, 1.82) is 0 Å². The first-order chi connectivity index (χ1) is 13.6. The fraction of sp³-hybridized carbons (Fsp3) is 0.500. The first-order valence-corrected chi connectivity index (χ1v) is 10.2. The molecule has 0 unspecified atom stereocenters. The minimum Gasteiger partial charge on any atom is -0.354 e. The second-order valence-corrected chi connectivity index (χ2v) is 8.99. The topological polar surface area (TPSA) is 53.9 Å². The number of aromatic nitrogens is 3. The number of alkyl halides is 6. The summed E-state index contributed by atoms with van der Waals surface area (Å²) in [5, 5.41) is 3.05. The number of nitrogens with one attached hydrogen (secondary N) is 1. The van der Waals surface area contributed by atoms with Gasteiger partial charge in [0.05, 0.1) is 5.56 Å². The Bertz CT molecular complexity index is 836. The van der Waals surface area contributed by atoms with Crippen molar-refractivity contribution in [3.8, 4) is 11.4 Å². The molecule has 1 fully saturated rings. The average molecular weight is 469 g/mol. The van der Waals surface area contributed by atoms with Crippen LogP contribution in [0.2, 0.25) is 0 Å². The quantitative estimate of drug-likeness (QED) is 0.462. The number of benzene rings is 1. The maximum Gasteiger partial charge on any atom is 0.416 e. The molecule has 2 aromatic rings. The fourth-order valence-electron chi connectivity index (χ4n) is 3.05. The largest absolute Gasteiger partial charge is 0.416 e. The van der Waals surface area contributed by atoms with Crippen LogP contribution in [0.3, 0.4) is 0 Å². The smallest absolute Gasteiger partial charge is 0.354 e. The van der Waals surface area contributed by atoms with Crippen molar-refractivity contribution in [2.45, 2.75) is 29.2 Å². The molecule has 2 heterocycles. The SMILES string of the molecule is FC(F)(F)c1cccc(-c2nc(NCCCN3CCCC3)nc(C(Cl)(Cl)Cl)n2)c1. The van der Waals surface area contributed by atoms with Crippen molar-refractivity contribution in [3.63, 3.8) is 0 Å². The lowest BCUT2D eigenvalue weighted by molar-refractivity contribution is -0.137. The summed E-state index contributed by atoms with van der Waals surface area (Å²) in [6.45, 7) is 3.71. The van der Waals surface area contributed by atoms with Gasteiger partial charge in [0.25, 0.3) is 0 Å². The van der Waals surface area contributed by atoms with Gasteiger partial charge in [-0.1, -0.05) is 46.9 Å². The molecule has 1 aromatic heterocycles. The molecule has 3 rings (SSSR count). The Balaban J connectivity index is 1.80. The number of anilines is 1. The molecule has 0 atom stereocenters. The van der Waals surface area contributed by atoms with E-state index in [9.17, 15) is 13.2 Å². The Morgan fingerprint density at radius 3 is 2.41 bits per heavy atom. The monoisotopic (exact) mass is 467 g/mol. The Morgan fingerprint density at radius 1 is 1.03 bits per heavy atom. The Kier molecular flexibility index (Phi) is 7.09. The van der Waals surface area contributed by atoms with Crippen molar-refractivity contribution < 1.29 is 13.2 Å². The lowest BCUT2D eigenvalue weighted by Gasteiger charge is -2.16. The molecule has 0 radical (unpaired) electrons. The van der Waals surface area contributed by atoms with Crippen LogP contribution in [0.25, 0.3) is 11.4 Å². The van der Waals surface area contributed by atoms with E-state index in [2.05, 4.69) is 25.2 Å². The van der Waals surface area contributed by atoms with Crippen LogP contribution in [-0.4, -0.2) is 46.0 Å².